The molecule has 1 aromatic rings. The Labute approximate surface area is 130 Å². The fourth-order valence-corrected chi connectivity index (χ4v) is 2.51. The fraction of sp³-hybridized carbons (Fsp3) is 0.412. The Hall–Kier alpha value is -2.30. The third-order valence-electron chi connectivity index (χ3n) is 3.71. The van der Waals surface area contributed by atoms with E-state index in [-0.39, 0.29) is 24.4 Å². The highest BCUT2D eigenvalue weighted by molar-refractivity contribution is 5.76. The van der Waals surface area contributed by atoms with E-state index in [0.29, 0.717) is 6.42 Å². The number of nitrogens with one attached hydrogen (secondary N) is 1. The first-order valence-corrected chi connectivity index (χ1v) is 7.33. The largest absolute Gasteiger partial charge is 0.469 e. The van der Waals surface area contributed by atoms with Gasteiger partial charge in [-0.05, 0) is 17.9 Å². The quantitative estimate of drug-likeness (QED) is 0.686. The number of ether oxygens (including phenoxy) is 2. The highest BCUT2D eigenvalue weighted by Gasteiger charge is 2.32. The van der Waals surface area contributed by atoms with E-state index < -0.39 is 12.1 Å². The second-order valence-electron chi connectivity index (χ2n) is 5.46. The van der Waals surface area contributed by atoms with Crippen LogP contribution in [0.1, 0.15) is 18.9 Å². The van der Waals surface area contributed by atoms with Gasteiger partial charge in [-0.15, -0.1) is 0 Å². The van der Waals surface area contributed by atoms with Gasteiger partial charge in [0.25, 0.3) is 0 Å². The van der Waals surface area contributed by atoms with Gasteiger partial charge in [-0.25, -0.2) is 4.79 Å². The minimum Gasteiger partial charge on any atom is -0.469 e. The molecule has 118 valence electrons. The van der Waals surface area contributed by atoms with Crippen LogP contribution < -0.4 is 5.32 Å². The summed E-state index contributed by atoms with van der Waals surface area (Å²) in [7, 11) is 1.36. The average molecular weight is 303 g/mol. The van der Waals surface area contributed by atoms with Crippen molar-refractivity contribution in [3.05, 3.63) is 48.0 Å². The van der Waals surface area contributed by atoms with Gasteiger partial charge in [0.2, 0.25) is 0 Å². The van der Waals surface area contributed by atoms with Crippen LogP contribution in [0.15, 0.2) is 42.5 Å². The molecule has 22 heavy (non-hydrogen) atoms. The normalized spacial score (nSPS) is 23.6. The van der Waals surface area contributed by atoms with Gasteiger partial charge in [-0.2, -0.15) is 0 Å². The Morgan fingerprint density at radius 2 is 1.95 bits per heavy atom. The standard InChI is InChI=1S/C17H21NO4/c1-12-8-9-15(14(10-12)16(19)21-2)18-17(20)22-11-13-6-4-3-5-7-13/h3-9,12,14-15H,10-11H2,1-2H3,(H,18,20)/t12-,14+,15-/m1/s1. The van der Waals surface area contributed by atoms with E-state index in [0.717, 1.165) is 5.56 Å². The SMILES string of the molecule is COC(=O)[C@H]1C[C@H](C)C=C[C@H]1NC(=O)OCc1ccccc1. The summed E-state index contributed by atoms with van der Waals surface area (Å²) in [5.74, 6) is -0.415. The monoisotopic (exact) mass is 303 g/mol. The lowest BCUT2D eigenvalue weighted by atomic mass is 9.84. The van der Waals surface area contributed by atoms with Crippen molar-refractivity contribution in [2.24, 2.45) is 11.8 Å². The molecular formula is C17H21NO4. The highest BCUT2D eigenvalue weighted by Crippen LogP contribution is 2.24. The molecule has 2 rings (SSSR count). The number of carbonyl (C=O) groups is 2. The van der Waals surface area contributed by atoms with Gasteiger partial charge in [0.05, 0.1) is 19.1 Å². The highest BCUT2D eigenvalue weighted by atomic mass is 16.5. The van der Waals surface area contributed by atoms with E-state index in [9.17, 15) is 9.59 Å². The van der Waals surface area contributed by atoms with E-state index >= 15 is 0 Å². The molecule has 1 amide bonds. The van der Waals surface area contributed by atoms with Crippen molar-refractivity contribution in [3.63, 3.8) is 0 Å². The van der Waals surface area contributed by atoms with Crippen LogP contribution in [-0.2, 0) is 20.9 Å². The number of methoxy groups -OCH3 is 1. The second-order valence-corrected chi connectivity index (χ2v) is 5.46. The Morgan fingerprint density at radius 3 is 2.64 bits per heavy atom. The minimum absolute atomic E-state index is 0.197. The van der Waals surface area contributed by atoms with Crippen molar-refractivity contribution in [3.8, 4) is 0 Å². The van der Waals surface area contributed by atoms with Gasteiger partial charge in [0.1, 0.15) is 6.61 Å². The zero-order chi connectivity index (χ0) is 15.9. The third-order valence-corrected chi connectivity index (χ3v) is 3.71. The van der Waals surface area contributed by atoms with Gasteiger partial charge in [0, 0.05) is 0 Å². The van der Waals surface area contributed by atoms with Crippen molar-refractivity contribution >= 4 is 12.1 Å². The van der Waals surface area contributed by atoms with Crippen molar-refractivity contribution in [1.82, 2.24) is 5.32 Å². The van der Waals surface area contributed by atoms with Gasteiger partial charge in [-0.1, -0.05) is 49.4 Å². The zero-order valence-electron chi connectivity index (χ0n) is 12.8. The zero-order valence-corrected chi connectivity index (χ0v) is 12.8. The molecule has 0 radical (unpaired) electrons. The van der Waals surface area contributed by atoms with Crippen LogP contribution in [0.4, 0.5) is 4.79 Å². The molecule has 0 aliphatic heterocycles. The fourth-order valence-electron chi connectivity index (χ4n) is 2.51. The maximum absolute atomic E-state index is 11.9. The summed E-state index contributed by atoms with van der Waals surface area (Å²) >= 11 is 0. The van der Waals surface area contributed by atoms with Crippen LogP contribution in [-0.4, -0.2) is 25.2 Å². The summed E-state index contributed by atoms with van der Waals surface area (Å²) in [6.07, 6.45) is 3.93. The third kappa shape index (κ3) is 4.35. The van der Waals surface area contributed by atoms with Crippen LogP contribution in [0.3, 0.4) is 0 Å². The molecule has 0 spiro atoms. The van der Waals surface area contributed by atoms with Crippen LogP contribution in [0, 0.1) is 11.8 Å². The van der Waals surface area contributed by atoms with Gasteiger partial charge >= 0.3 is 12.1 Å². The van der Waals surface area contributed by atoms with E-state index in [1.807, 2.05) is 49.4 Å². The molecule has 1 aliphatic rings. The van der Waals surface area contributed by atoms with Gasteiger partial charge in [-0.3, -0.25) is 4.79 Å². The number of esters is 1. The average Bonchev–Trinajstić information content (AvgIpc) is 2.55. The Morgan fingerprint density at radius 1 is 1.23 bits per heavy atom. The lowest BCUT2D eigenvalue weighted by Crippen LogP contribution is -2.44. The first-order chi connectivity index (χ1) is 10.6. The molecule has 0 heterocycles. The van der Waals surface area contributed by atoms with Gasteiger partial charge in [0.15, 0.2) is 0 Å². The van der Waals surface area contributed by atoms with Crippen molar-refractivity contribution in [2.45, 2.75) is 26.0 Å². The number of benzene rings is 1. The molecule has 0 bridgehead atoms. The summed E-state index contributed by atoms with van der Waals surface area (Å²) < 4.78 is 10.00. The van der Waals surface area contributed by atoms with Crippen molar-refractivity contribution < 1.29 is 19.1 Å². The Kier molecular flexibility index (Phi) is 5.58. The first kappa shape index (κ1) is 16.1. The van der Waals surface area contributed by atoms with Crippen LogP contribution >= 0.6 is 0 Å². The molecule has 0 saturated carbocycles. The van der Waals surface area contributed by atoms with Gasteiger partial charge < -0.3 is 14.8 Å². The van der Waals surface area contributed by atoms with E-state index in [2.05, 4.69) is 5.32 Å². The number of allylic oxidation sites excluding steroid dienone is 1. The Balaban J connectivity index is 1.91. The molecule has 0 aromatic heterocycles. The lowest BCUT2D eigenvalue weighted by molar-refractivity contribution is -0.146. The van der Waals surface area contributed by atoms with Crippen LogP contribution in [0.5, 0.6) is 0 Å². The smallest absolute Gasteiger partial charge is 0.407 e. The van der Waals surface area contributed by atoms with E-state index in [1.165, 1.54) is 7.11 Å². The number of amides is 1. The molecule has 1 aromatic carbocycles. The molecule has 3 atom stereocenters. The summed E-state index contributed by atoms with van der Waals surface area (Å²) in [6.45, 7) is 2.22. The summed E-state index contributed by atoms with van der Waals surface area (Å²) in [4.78, 5) is 23.7. The lowest BCUT2D eigenvalue weighted by Gasteiger charge is -2.28. The molecule has 0 saturated heterocycles. The van der Waals surface area contributed by atoms with Crippen LogP contribution in [0.25, 0.3) is 0 Å². The number of rotatable bonds is 4. The molecule has 1 aliphatic carbocycles. The van der Waals surface area contributed by atoms with Crippen LogP contribution in [0.2, 0.25) is 0 Å². The van der Waals surface area contributed by atoms with E-state index in [1.54, 1.807) is 0 Å². The maximum atomic E-state index is 11.9. The number of hydrogen-bond donors (Lipinski definition) is 1. The van der Waals surface area contributed by atoms with Crippen molar-refractivity contribution in [2.75, 3.05) is 7.11 Å². The first-order valence-electron chi connectivity index (χ1n) is 7.33. The predicted molar refractivity (Wildman–Crippen MR) is 82.0 cm³/mol. The molecule has 5 nitrogen and oxygen atoms in total. The Bertz CT molecular complexity index is 541. The number of carbonyl (C=O) groups excluding carboxylic acids is 2. The molecule has 0 unspecified atom stereocenters. The summed E-state index contributed by atoms with van der Waals surface area (Å²) in [5.41, 5.74) is 0.912. The predicted octanol–water partition coefficient (Wildman–Crippen LogP) is 2.67. The minimum atomic E-state index is -0.540. The van der Waals surface area contributed by atoms with E-state index in [4.69, 9.17) is 9.47 Å². The number of alkyl carbamates (subject to hydrolysis) is 1. The molecule has 1 N–H and O–H groups in total. The summed E-state index contributed by atoms with van der Waals surface area (Å²) in [6, 6.07) is 9.04. The molecular weight excluding hydrogens is 282 g/mol. The summed E-state index contributed by atoms with van der Waals surface area (Å²) in [5, 5.41) is 2.73. The molecule has 5 heteroatoms. The second kappa shape index (κ2) is 7.64. The topological polar surface area (TPSA) is 64.6 Å². The maximum Gasteiger partial charge on any atom is 0.407 e. The number of hydrogen-bond acceptors (Lipinski definition) is 4. The van der Waals surface area contributed by atoms with Crippen molar-refractivity contribution in [1.29, 1.82) is 0 Å². The molecule has 0 fully saturated rings.